The molecule has 0 N–H and O–H groups in total. The fraction of sp³-hybridized carbons (Fsp3) is 0.417. The summed E-state index contributed by atoms with van der Waals surface area (Å²) in [5.74, 6) is 0.0957. The fourth-order valence-corrected chi connectivity index (χ4v) is 3.10. The van der Waals surface area contributed by atoms with Gasteiger partial charge in [0, 0.05) is 0 Å². The van der Waals surface area contributed by atoms with Gasteiger partial charge in [0.2, 0.25) is 0 Å². The number of carbonyl (C=O) groups is 2. The van der Waals surface area contributed by atoms with E-state index in [0.717, 1.165) is 24.0 Å². The largest absolute Gasteiger partial charge is 0.425 e. The number of hydrogen-bond acceptors (Lipinski definition) is 4. The van der Waals surface area contributed by atoms with Gasteiger partial charge in [-0.1, -0.05) is 64.8 Å². The minimum Gasteiger partial charge on any atom is -0.425 e. The molecule has 4 unspecified atom stereocenters. The van der Waals surface area contributed by atoms with Gasteiger partial charge >= 0.3 is 11.9 Å². The molecule has 0 aromatic heterocycles. The van der Waals surface area contributed by atoms with E-state index in [9.17, 15) is 9.59 Å². The summed E-state index contributed by atoms with van der Waals surface area (Å²) in [5.41, 5.74) is 1.87. The maximum absolute atomic E-state index is 12.1. The van der Waals surface area contributed by atoms with Crippen LogP contribution < -0.4 is 9.47 Å². The normalized spacial score (nSPS) is 15.0. The standard InChI is InChI=1S/C24H28Cl2O4/c1-5-15(3)21(25)23(27)29-19-11-7-17(8-12-19)18-9-13-20(14-10-18)30-24(28)22(26)16(4)6-2/h7-16,21-22H,5-6H2,1-4H3. The molecule has 30 heavy (non-hydrogen) atoms. The highest BCUT2D eigenvalue weighted by atomic mass is 35.5. The maximum Gasteiger partial charge on any atom is 0.329 e. The third-order valence-electron chi connectivity index (χ3n) is 5.22. The molecule has 0 saturated heterocycles. The lowest BCUT2D eigenvalue weighted by molar-refractivity contribution is -0.135. The lowest BCUT2D eigenvalue weighted by atomic mass is 10.0. The summed E-state index contributed by atoms with van der Waals surface area (Å²) in [6.07, 6.45) is 1.60. The number of benzene rings is 2. The van der Waals surface area contributed by atoms with Crippen LogP contribution in [0.4, 0.5) is 0 Å². The molecule has 0 bridgehead atoms. The van der Waals surface area contributed by atoms with Gasteiger partial charge in [0.25, 0.3) is 0 Å². The molecule has 6 heteroatoms. The quantitative estimate of drug-likeness (QED) is 0.249. The van der Waals surface area contributed by atoms with Crippen molar-refractivity contribution in [2.45, 2.75) is 51.3 Å². The van der Waals surface area contributed by atoms with E-state index in [1.54, 1.807) is 24.3 Å². The zero-order valence-corrected chi connectivity index (χ0v) is 19.2. The second kappa shape index (κ2) is 11.4. The molecule has 0 aliphatic heterocycles. The molecule has 4 nitrogen and oxygen atoms in total. The van der Waals surface area contributed by atoms with Gasteiger partial charge in [0.15, 0.2) is 0 Å². The van der Waals surface area contributed by atoms with E-state index in [4.69, 9.17) is 32.7 Å². The van der Waals surface area contributed by atoms with Crippen LogP contribution in [0.2, 0.25) is 0 Å². The van der Waals surface area contributed by atoms with Crippen molar-refractivity contribution in [1.29, 1.82) is 0 Å². The highest BCUT2D eigenvalue weighted by Crippen LogP contribution is 2.26. The predicted molar refractivity (Wildman–Crippen MR) is 121 cm³/mol. The Morgan fingerprint density at radius 2 is 1.00 bits per heavy atom. The number of hydrogen-bond donors (Lipinski definition) is 0. The Morgan fingerprint density at radius 3 is 1.27 bits per heavy atom. The van der Waals surface area contributed by atoms with Crippen molar-refractivity contribution in [3.05, 3.63) is 48.5 Å². The molecular formula is C24H28Cl2O4. The van der Waals surface area contributed by atoms with Gasteiger partial charge in [-0.05, 0) is 47.2 Å². The Balaban J connectivity index is 2.00. The monoisotopic (exact) mass is 450 g/mol. The highest BCUT2D eigenvalue weighted by molar-refractivity contribution is 6.30. The van der Waals surface area contributed by atoms with Crippen molar-refractivity contribution in [3.8, 4) is 22.6 Å². The summed E-state index contributed by atoms with van der Waals surface area (Å²) in [6.45, 7) is 7.80. The van der Waals surface area contributed by atoms with Gasteiger partial charge in [-0.25, -0.2) is 0 Å². The Hall–Kier alpha value is -2.04. The predicted octanol–water partition coefficient (Wildman–Crippen LogP) is 6.47. The van der Waals surface area contributed by atoms with Crippen LogP contribution in [-0.2, 0) is 9.59 Å². The Morgan fingerprint density at radius 1 is 0.700 bits per heavy atom. The van der Waals surface area contributed by atoms with Crippen LogP contribution in [0.5, 0.6) is 11.5 Å². The van der Waals surface area contributed by atoms with E-state index in [0.29, 0.717) is 11.5 Å². The minimum absolute atomic E-state index is 0.0466. The lowest BCUT2D eigenvalue weighted by Gasteiger charge is -2.15. The van der Waals surface area contributed by atoms with Crippen LogP contribution in [0, 0.1) is 11.8 Å². The van der Waals surface area contributed by atoms with Crippen LogP contribution in [0.3, 0.4) is 0 Å². The molecule has 2 rings (SSSR count). The van der Waals surface area contributed by atoms with E-state index in [1.165, 1.54) is 0 Å². The topological polar surface area (TPSA) is 52.6 Å². The SMILES string of the molecule is CCC(C)C(Cl)C(=O)Oc1ccc(-c2ccc(OC(=O)C(Cl)C(C)CC)cc2)cc1. The third kappa shape index (κ3) is 6.48. The van der Waals surface area contributed by atoms with Gasteiger partial charge in [-0.15, -0.1) is 23.2 Å². The van der Waals surface area contributed by atoms with Gasteiger partial charge in [0.1, 0.15) is 22.3 Å². The number of alkyl halides is 2. The average Bonchev–Trinajstić information content (AvgIpc) is 2.77. The van der Waals surface area contributed by atoms with E-state index in [-0.39, 0.29) is 11.8 Å². The minimum atomic E-state index is -0.669. The van der Waals surface area contributed by atoms with Gasteiger partial charge in [-0.3, -0.25) is 9.59 Å². The number of rotatable bonds is 9. The van der Waals surface area contributed by atoms with E-state index < -0.39 is 22.7 Å². The number of carbonyl (C=O) groups excluding carboxylic acids is 2. The highest BCUT2D eigenvalue weighted by Gasteiger charge is 2.24. The smallest absolute Gasteiger partial charge is 0.329 e. The Labute approximate surface area is 188 Å². The van der Waals surface area contributed by atoms with E-state index in [2.05, 4.69) is 0 Å². The second-order valence-electron chi connectivity index (χ2n) is 7.47. The molecule has 2 aromatic carbocycles. The van der Waals surface area contributed by atoms with Gasteiger partial charge < -0.3 is 9.47 Å². The molecule has 2 aromatic rings. The number of ether oxygens (including phenoxy) is 2. The van der Waals surface area contributed by atoms with Gasteiger partial charge in [0.05, 0.1) is 0 Å². The van der Waals surface area contributed by atoms with Crippen molar-refractivity contribution in [3.63, 3.8) is 0 Å². The molecular weight excluding hydrogens is 423 g/mol. The Bertz CT molecular complexity index is 762. The third-order valence-corrected chi connectivity index (χ3v) is 6.43. The average molecular weight is 451 g/mol. The summed E-state index contributed by atoms with van der Waals surface area (Å²) in [7, 11) is 0. The summed E-state index contributed by atoms with van der Waals surface area (Å²) in [6, 6.07) is 14.3. The number of esters is 2. The first kappa shape index (κ1) is 24.2. The molecule has 0 saturated carbocycles. The van der Waals surface area contributed by atoms with Crippen molar-refractivity contribution in [1.82, 2.24) is 0 Å². The molecule has 0 spiro atoms. The number of halogens is 2. The first-order valence-corrected chi connectivity index (χ1v) is 11.1. The summed E-state index contributed by atoms with van der Waals surface area (Å²) in [4.78, 5) is 24.2. The first-order valence-electron chi connectivity index (χ1n) is 10.2. The van der Waals surface area contributed by atoms with E-state index in [1.807, 2.05) is 52.0 Å². The summed E-state index contributed by atoms with van der Waals surface area (Å²) in [5, 5.41) is -1.34. The fourth-order valence-electron chi connectivity index (χ4n) is 2.65. The first-order chi connectivity index (χ1) is 14.3. The van der Waals surface area contributed by atoms with Crippen molar-refractivity contribution < 1.29 is 19.1 Å². The van der Waals surface area contributed by atoms with Crippen LogP contribution in [-0.4, -0.2) is 22.7 Å². The van der Waals surface area contributed by atoms with E-state index >= 15 is 0 Å². The maximum atomic E-state index is 12.1. The van der Waals surface area contributed by atoms with Crippen LogP contribution in [0.25, 0.3) is 11.1 Å². The molecule has 0 heterocycles. The zero-order chi connectivity index (χ0) is 22.3. The molecule has 0 amide bonds. The lowest BCUT2D eigenvalue weighted by Crippen LogP contribution is -2.26. The summed E-state index contributed by atoms with van der Waals surface area (Å²) >= 11 is 12.3. The molecule has 4 atom stereocenters. The molecule has 162 valence electrons. The summed E-state index contributed by atoms with van der Waals surface area (Å²) < 4.78 is 10.7. The molecule has 0 aliphatic rings. The van der Waals surface area contributed by atoms with Gasteiger partial charge in [-0.2, -0.15) is 0 Å². The molecule has 0 radical (unpaired) electrons. The molecule has 0 aliphatic carbocycles. The van der Waals surface area contributed by atoms with Crippen LogP contribution in [0.1, 0.15) is 40.5 Å². The Kier molecular flexibility index (Phi) is 9.19. The van der Waals surface area contributed by atoms with Crippen LogP contribution in [0.15, 0.2) is 48.5 Å². The van der Waals surface area contributed by atoms with Crippen molar-refractivity contribution in [2.24, 2.45) is 11.8 Å². The second-order valence-corrected chi connectivity index (χ2v) is 8.41. The molecule has 0 fully saturated rings. The zero-order valence-electron chi connectivity index (χ0n) is 17.7. The van der Waals surface area contributed by atoms with Crippen molar-refractivity contribution in [2.75, 3.05) is 0 Å². The van der Waals surface area contributed by atoms with Crippen molar-refractivity contribution >= 4 is 35.1 Å². The van der Waals surface area contributed by atoms with Crippen LogP contribution >= 0.6 is 23.2 Å².